The molecule has 1 heterocycles. The maximum Gasteiger partial charge on any atom is 0.321 e. The molecule has 0 atom stereocenters. The summed E-state index contributed by atoms with van der Waals surface area (Å²) in [4.78, 5) is 12.1. The molecule has 0 fully saturated rings. The lowest BCUT2D eigenvalue weighted by Crippen LogP contribution is -2.30. The Labute approximate surface area is 151 Å². The summed E-state index contributed by atoms with van der Waals surface area (Å²) in [5, 5.41) is 11.5. The lowest BCUT2D eigenvalue weighted by Gasteiger charge is -2.07. The molecule has 8 heteroatoms. The number of fused-ring (bicyclic) bond motifs is 1. The number of rotatable bonds is 5. The van der Waals surface area contributed by atoms with E-state index in [1.807, 2.05) is 31.2 Å². The summed E-state index contributed by atoms with van der Waals surface area (Å²) < 4.78 is 28.1. The molecule has 136 valence electrons. The SMILES string of the molecule is Cc1c(NC(=O)NCCc2ccc(S(N)(=O)=O)cc2)oc2ccccc12. The number of carbonyl (C=O) groups is 1. The molecule has 0 aliphatic rings. The average molecular weight is 373 g/mol. The maximum atomic E-state index is 12.0. The molecule has 26 heavy (non-hydrogen) atoms. The van der Waals surface area contributed by atoms with E-state index in [1.165, 1.54) is 12.1 Å². The van der Waals surface area contributed by atoms with Crippen LogP contribution in [0.4, 0.5) is 10.7 Å². The van der Waals surface area contributed by atoms with Gasteiger partial charge in [0, 0.05) is 17.5 Å². The third-order valence-corrected chi connectivity index (χ3v) is 4.95. The van der Waals surface area contributed by atoms with Gasteiger partial charge >= 0.3 is 6.03 Å². The van der Waals surface area contributed by atoms with Crippen LogP contribution in [0.25, 0.3) is 11.0 Å². The van der Waals surface area contributed by atoms with Gasteiger partial charge in [0.2, 0.25) is 15.9 Å². The fourth-order valence-electron chi connectivity index (χ4n) is 2.61. The fraction of sp³-hybridized carbons (Fsp3) is 0.167. The number of nitrogens with one attached hydrogen (secondary N) is 2. The lowest BCUT2D eigenvalue weighted by molar-refractivity contribution is 0.251. The number of urea groups is 1. The number of hydrogen-bond donors (Lipinski definition) is 3. The Balaban J connectivity index is 1.55. The largest absolute Gasteiger partial charge is 0.440 e. The number of benzene rings is 2. The minimum Gasteiger partial charge on any atom is -0.440 e. The summed E-state index contributed by atoms with van der Waals surface area (Å²) in [6.45, 7) is 2.27. The van der Waals surface area contributed by atoms with Gasteiger partial charge in [-0.05, 0) is 37.1 Å². The molecule has 2 aromatic carbocycles. The van der Waals surface area contributed by atoms with Crippen LogP contribution in [0, 0.1) is 6.92 Å². The first-order chi connectivity index (χ1) is 12.3. The van der Waals surface area contributed by atoms with E-state index >= 15 is 0 Å². The Morgan fingerprint density at radius 3 is 2.46 bits per heavy atom. The summed E-state index contributed by atoms with van der Waals surface area (Å²) >= 11 is 0. The van der Waals surface area contributed by atoms with Crippen LogP contribution in [0.3, 0.4) is 0 Å². The smallest absolute Gasteiger partial charge is 0.321 e. The van der Waals surface area contributed by atoms with Gasteiger partial charge in [-0.1, -0.05) is 30.3 Å². The maximum absolute atomic E-state index is 12.0. The Bertz CT molecular complexity index is 1040. The molecule has 0 spiro atoms. The van der Waals surface area contributed by atoms with Crippen LogP contribution in [0.5, 0.6) is 0 Å². The molecule has 0 saturated carbocycles. The quantitative estimate of drug-likeness (QED) is 0.638. The van der Waals surface area contributed by atoms with Crippen LogP contribution in [0.15, 0.2) is 57.8 Å². The molecule has 2 amide bonds. The second-order valence-electron chi connectivity index (χ2n) is 5.87. The number of primary sulfonamides is 1. The van der Waals surface area contributed by atoms with E-state index in [0.29, 0.717) is 18.8 Å². The van der Waals surface area contributed by atoms with Crippen molar-refractivity contribution in [2.24, 2.45) is 5.14 Å². The molecule has 0 bridgehead atoms. The second-order valence-corrected chi connectivity index (χ2v) is 7.43. The Kier molecular flexibility index (Phi) is 4.97. The van der Waals surface area contributed by atoms with Crippen molar-refractivity contribution in [3.63, 3.8) is 0 Å². The highest BCUT2D eigenvalue weighted by molar-refractivity contribution is 7.89. The van der Waals surface area contributed by atoms with Crippen LogP contribution < -0.4 is 15.8 Å². The van der Waals surface area contributed by atoms with Gasteiger partial charge in [-0.3, -0.25) is 5.32 Å². The third kappa shape index (κ3) is 4.04. The van der Waals surface area contributed by atoms with E-state index in [4.69, 9.17) is 9.56 Å². The van der Waals surface area contributed by atoms with Crippen molar-refractivity contribution < 1.29 is 17.6 Å². The van der Waals surface area contributed by atoms with E-state index in [-0.39, 0.29) is 10.9 Å². The van der Waals surface area contributed by atoms with Gasteiger partial charge < -0.3 is 9.73 Å². The molecule has 0 saturated heterocycles. The summed E-state index contributed by atoms with van der Waals surface area (Å²) in [6.07, 6.45) is 0.553. The summed E-state index contributed by atoms with van der Waals surface area (Å²) in [6, 6.07) is 13.4. The highest BCUT2D eigenvalue weighted by Gasteiger charge is 2.12. The molecule has 3 rings (SSSR count). The molecule has 4 N–H and O–H groups in total. The van der Waals surface area contributed by atoms with Crippen molar-refractivity contribution >= 4 is 32.9 Å². The predicted molar refractivity (Wildman–Crippen MR) is 99.5 cm³/mol. The van der Waals surface area contributed by atoms with Gasteiger partial charge in [0.25, 0.3) is 0 Å². The van der Waals surface area contributed by atoms with Crippen LogP contribution in [-0.2, 0) is 16.4 Å². The van der Waals surface area contributed by atoms with Crippen molar-refractivity contribution in [2.45, 2.75) is 18.2 Å². The summed E-state index contributed by atoms with van der Waals surface area (Å²) in [5.41, 5.74) is 2.47. The number of sulfonamides is 1. The van der Waals surface area contributed by atoms with Gasteiger partial charge in [-0.2, -0.15) is 0 Å². The van der Waals surface area contributed by atoms with Gasteiger partial charge in [-0.15, -0.1) is 0 Å². The van der Waals surface area contributed by atoms with Crippen molar-refractivity contribution in [1.29, 1.82) is 0 Å². The molecule has 0 unspecified atom stereocenters. The highest BCUT2D eigenvalue weighted by atomic mass is 32.2. The minimum atomic E-state index is -3.69. The van der Waals surface area contributed by atoms with Gasteiger partial charge in [0.1, 0.15) is 5.58 Å². The number of anilines is 1. The average Bonchev–Trinajstić information content (AvgIpc) is 2.91. The molecule has 1 aromatic heterocycles. The fourth-order valence-corrected chi connectivity index (χ4v) is 3.12. The van der Waals surface area contributed by atoms with Crippen LogP contribution in [-0.4, -0.2) is 21.0 Å². The Morgan fingerprint density at radius 2 is 1.81 bits per heavy atom. The van der Waals surface area contributed by atoms with E-state index in [0.717, 1.165) is 22.1 Å². The number of nitrogens with two attached hydrogens (primary N) is 1. The van der Waals surface area contributed by atoms with Gasteiger partial charge in [-0.25, -0.2) is 18.4 Å². The Hall–Kier alpha value is -2.84. The molecular formula is C18H19N3O4S. The zero-order valence-corrected chi connectivity index (χ0v) is 15.0. The normalized spacial score (nSPS) is 11.5. The number of amides is 2. The molecule has 3 aromatic rings. The number of hydrogen-bond acceptors (Lipinski definition) is 4. The van der Waals surface area contributed by atoms with Crippen molar-refractivity contribution in [3.8, 4) is 0 Å². The van der Waals surface area contributed by atoms with Crippen LogP contribution in [0.1, 0.15) is 11.1 Å². The topological polar surface area (TPSA) is 114 Å². The number of carbonyl (C=O) groups excluding carboxylic acids is 1. The first-order valence-electron chi connectivity index (χ1n) is 7.99. The zero-order valence-electron chi connectivity index (χ0n) is 14.2. The first kappa shape index (κ1) is 18.0. The molecule has 0 radical (unpaired) electrons. The zero-order chi connectivity index (χ0) is 18.7. The summed E-state index contributed by atoms with van der Waals surface area (Å²) in [7, 11) is -3.69. The van der Waals surface area contributed by atoms with E-state index in [9.17, 15) is 13.2 Å². The van der Waals surface area contributed by atoms with E-state index in [2.05, 4.69) is 10.6 Å². The van der Waals surface area contributed by atoms with Crippen LogP contribution >= 0.6 is 0 Å². The van der Waals surface area contributed by atoms with Crippen molar-refractivity contribution in [3.05, 3.63) is 59.7 Å². The second kappa shape index (κ2) is 7.19. The standard InChI is InChI=1S/C18H19N3O4S/c1-12-15-4-2-3-5-16(15)25-17(12)21-18(22)20-11-10-13-6-8-14(9-7-13)26(19,23)24/h2-9H,10-11H2,1H3,(H2,19,23,24)(H2,20,21,22). The van der Waals surface area contributed by atoms with E-state index in [1.54, 1.807) is 12.1 Å². The molecule has 0 aliphatic heterocycles. The monoisotopic (exact) mass is 373 g/mol. The van der Waals surface area contributed by atoms with Crippen molar-refractivity contribution in [1.82, 2.24) is 5.32 Å². The third-order valence-electron chi connectivity index (χ3n) is 4.02. The predicted octanol–water partition coefficient (Wildman–Crippen LogP) is 2.75. The van der Waals surface area contributed by atoms with Gasteiger partial charge in [0.05, 0.1) is 4.90 Å². The lowest BCUT2D eigenvalue weighted by atomic mass is 10.1. The molecule has 7 nitrogen and oxygen atoms in total. The molecular weight excluding hydrogens is 354 g/mol. The van der Waals surface area contributed by atoms with Crippen LogP contribution in [0.2, 0.25) is 0 Å². The Morgan fingerprint density at radius 1 is 1.12 bits per heavy atom. The number of aryl methyl sites for hydroxylation is 1. The van der Waals surface area contributed by atoms with Crippen molar-refractivity contribution in [2.75, 3.05) is 11.9 Å². The number of furan rings is 1. The van der Waals surface area contributed by atoms with Gasteiger partial charge in [0.15, 0.2) is 0 Å². The minimum absolute atomic E-state index is 0.0623. The summed E-state index contributed by atoms with van der Waals surface area (Å²) in [5.74, 6) is 0.418. The van der Waals surface area contributed by atoms with E-state index < -0.39 is 10.0 Å². The molecule has 0 aliphatic carbocycles. The first-order valence-corrected chi connectivity index (χ1v) is 9.54. The number of para-hydroxylation sites is 1. The highest BCUT2D eigenvalue weighted by Crippen LogP contribution is 2.28.